The second-order valence-electron chi connectivity index (χ2n) is 6.77. The van der Waals surface area contributed by atoms with E-state index in [0.717, 1.165) is 28.3 Å². The van der Waals surface area contributed by atoms with Crippen molar-refractivity contribution in [3.63, 3.8) is 0 Å². The molecule has 0 amide bonds. The van der Waals surface area contributed by atoms with Crippen LogP contribution >= 0.6 is 11.8 Å². The predicted octanol–water partition coefficient (Wildman–Crippen LogP) is 5.76. The summed E-state index contributed by atoms with van der Waals surface area (Å²) >= 11 is 1.65. The van der Waals surface area contributed by atoms with Crippen LogP contribution in [-0.4, -0.2) is 31.5 Å². The molecule has 0 aliphatic carbocycles. The maximum absolute atomic E-state index is 12.6. The van der Waals surface area contributed by atoms with Gasteiger partial charge in [-0.25, -0.2) is 4.79 Å². The van der Waals surface area contributed by atoms with E-state index in [0.29, 0.717) is 24.7 Å². The second-order valence-corrected chi connectivity index (χ2v) is 7.86. The molecule has 0 spiro atoms. The number of ether oxygens (including phenoxy) is 3. The number of thioether (sulfide) groups is 1. The van der Waals surface area contributed by atoms with E-state index in [-0.39, 0.29) is 12.5 Å². The number of rotatable bonds is 10. The Labute approximate surface area is 178 Å². The molecule has 30 heavy (non-hydrogen) atoms. The molecule has 0 aliphatic rings. The van der Waals surface area contributed by atoms with E-state index in [9.17, 15) is 18.0 Å². The molecule has 0 radical (unpaired) electrons. The highest BCUT2D eigenvalue weighted by atomic mass is 32.2. The minimum Gasteiger partial charge on any atom is -0.493 e. The van der Waals surface area contributed by atoms with Crippen LogP contribution in [0.4, 0.5) is 13.2 Å². The Balaban J connectivity index is 1.78. The highest BCUT2D eigenvalue weighted by Crippen LogP contribution is 2.31. The molecule has 0 saturated heterocycles. The summed E-state index contributed by atoms with van der Waals surface area (Å²) in [5.74, 6) is 1.61. The number of aryl methyl sites for hydroxylation is 1. The smallest absolute Gasteiger partial charge is 0.416 e. The van der Waals surface area contributed by atoms with Crippen molar-refractivity contribution >= 4 is 17.7 Å². The van der Waals surface area contributed by atoms with Gasteiger partial charge in [0.1, 0.15) is 11.5 Å². The zero-order valence-corrected chi connectivity index (χ0v) is 17.9. The van der Waals surface area contributed by atoms with Gasteiger partial charge in [0.25, 0.3) is 0 Å². The topological polar surface area (TPSA) is 44.8 Å². The molecule has 0 bridgehead atoms. The maximum Gasteiger partial charge on any atom is 0.416 e. The van der Waals surface area contributed by atoms with Crippen LogP contribution < -0.4 is 9.47 Å². The van der Waals surface area contributed by atoms with Crippen molar-refractivity contribution in [2.75, 3.05) is 25.6 Å². The molecule has 2 rings (SSSR count). The standard InChI is InChI=1S/C22H25F3O4S/c1-4-27-21(26)13-29-20-10-9-19(11-16(20)3)30-14-15(2)12-28-18-7-5-17(6-8-18)22(23,24)25/h5-11,15H,4,12-14H2,1-3H3/t15-/m0/s1. The van der Waals surface area contributed by atoms with Crippen molar-refractivity contribution in [2.24, 2.45) is 5.92 Å². The lowest BCUT2D eigenvalue weighted by molar-refractivity contribution is -0.145. The highest BCUT2D eigenvalue weighted by Gasteiger charge is 2.30. The van der Waals surface area contributed by atoms with Crippen molar-refractivity contribution in [3.05, 3.63) is 53.6 Å². The highest BCUT2D eigenvalue weighted by molar-refractivity contribution is 7.99. The third-order valence-electron chi connectivity index (χ3n) is 4.05. The van der Waals surface area contributed by atoms with E-state index in [2.05, 4.69) is 0 Å². The van der Waals surface area contributed by atoms with Crippen molar-refractivity contribution in [2.45, 2.75) is 31.8 Å². The van der Waals surface area contributed by atoms with Crippen LogP contribution in [0.15, 0.2) is 47.4 Å². The van der Waals surface area contributed by atoms with Crippen LogP contribution in [-0.2, 0) is 15.7 Å². The number of halogens is 3. The van der Waals surface area contributed by atoms with Crippen molar-refractivity contribution in [1.29, 1.82) is 0 Å². The monoisotopic (exact) mass is 442 g/mol. The van der Waals surface area contributed by atoms with Gasteiger partial charge in [0.15, 0.2) is 6.61 Å². The van der Waals surface area contributed by atoms with E-state index < -0.39 is 17.7 Å². The minimum atomic E-state index is -4.35. The van der Waals surface area contributed by atoms with Crippen LogP contribution in [0.5, 0.6) is 11.5 Å². The Morgan fingerprint density at radius 1 is 1.10 bits per heavy atom. The molecule has 0 unspecified atom stereocenters. The molecular formula is C22H25F3O4S. The fourth-order valence-electron chi connectivity index (χ4n) is 2.48. The molecule has 0 aliphatic heterocycles. The molecule has 4 nitrogen and oxygen atoms in total. The largest absolute Gasteiger partial charge is 0.493 e. The summed E-state index contributed by atoms with van der Waals surface area (Å²) in [6.45, 7) is 6.25. The van der Waals surface area contributed by atoms with Crippen LogP contribution in [0.25, 0.3) is 0 Å². The predicted molar refractivity (Wildman–Crippen MR) is 110 cm³/mol. The number of hydrogen-bond donors (Lipinski definition) is 0. The molecular weight excluding hydrogens is 417 g/mol. The van der Waals surface area contributed by atoms with Gasteiger partial charge in [-0.1, -0.05) is 6.92 Å². The van der Waals surface area contributed by atoms with Crippen molar-refractivity contribution in [3.8, 4) is 11.5 Å². The van der Waals surface area contributed by atoms with Crippen LogP contribution in [0.1, 0.15) is 25.0 Å². The third kappa shape index (κ3) is 7.82. The number of benzene rings is 2. The third-order valence-corrected chi connectivity index (χ3v) is 5.37. The number of alkyl halides is 3. The summed E-state index contributed by atoms with van der Waals surface area (Å²) in [5, 5.41) is 0. The molecule has 0 heterocycles. The van der Waals surface area contributed by atoms with Crippen LogP contribution in [0, 0.1) is 12.8 Å². The van der Waals surface area contributed by atoms with Crippen LogP contribution in [0.3, 0.4) is 0 Å². The van der Waals surface area contributed by atoms with E-state index in [1.54, 1.807) is 18.7 Å². The Hall–Kier alpha value is -2.35. The van der Waals surface area contributed by atoms with Gasteiger partial charge in [0, 0.05) is 10.6 Å². The van der Waals surface area contributed by atoms with Crippen molar-refractivity contribution in [1.82, 2.24) is 0 Å². The number of carbonyl (C=O) groups is 1. The molecule has 0 saturated carbocycles. The summed E-state index contributed by atoms with van der Waals surface area (Å²) in [6, 6.07) is 10.4. The number of esters is 1. The van der Waals surface area contributed by atoms with E-state index in [4.69, 9.17) is 14.2 Å². The Morgan fingerprint density at radius 3 is 2.40 bits per heavy atom. The second kappa shape index (κ2) is 11.2. The lowest BCUT2D eigenvalue weighted by Crippen LogP contribution is -2.15. The summed E-state index contributed by atoms with van der Waals surface area (Å²) in [4.78, 5) is 12.4. The van der Waals surface area contributed by atoms with E-state index in [1.807, 2.05) is 32.0 Å². The van der Waals surface area contributed by atoms with Gasteiger partial charge < -0.3 is 14.2 Å². The lowest BCUT2D eigenvalue weighted by atomic mass is 10.2. The maximum atomic E-state index is 12.6. The quantitative estimate of drug-likeness (QED) is 0.346. The Bertz CT molecular complexity index is 822. The Morgan fingerprint density at radius 2 is 1.80 bits per heavy atom. The first kappa shape index (κ1) is 23.9. The van der Waals surface area contributed by atoms with Gasteiger partial charge in [-0.3, -0.25) is 0 Å². The van der Waals surface area contributed by atoms with E-state index >= 15 is 0 Å². The summed E-state index contributed by atoms with van der Waals surface area (Å²) < 4.78 is 53.7. The lowest BCUT2D eigenvalue weighted by Gasteiger charge is -2.14. The molecule has 0 N–H and O–H groups in total. The molecule has 164 valence electrons. The fourth-order valence-corrected chi connectivity index (χ4v) is 3.48. The van der Waals surface area contributed by atoms with Crippen LogP contribution in [0.2, 0.25) is 0 Å². The zero-order chi connectivity index (χ0) is 22.1. The first-order valence-electron chi connectivity index (χ1n) is 9.51. The SMILES string of the molecule is CCOC(=O)COc1ccc(SC[C@@H](C)COc2ccc(C(F)(F)F)cc2)cc1C. The molecule has 0 aromatic heterocycles. The summed E-state index contributed by atoms with van der Waals surface area (Å²) in [5.41, 5.74) is 0.224. The first-order chi connectivity index (χ1) is 14.2. The van der Waals surface area contributed by atoms with Gasteiger partial charge >= 0.3 is 12.1 Å². The molecule has 2 aromatic rings. The van der Waals surface area contributed by atoms with Crippen molar-refractivity contribution < 1.29 is 32.2 Å². The number of carbonyl (C=O) groups excluding carboxylic acids is 1. The molecule has 8 heteroatoms. The van der Waals surface area contributed by atoms with Gasteiger partial charge in [0.2, 0.25) is 0 Å². The average molecular weight is 442 g/mol. The van der Waals surface area contributed by atoms with E-state index in [1.165, 1.54) is 12.1 Å². The normalized spacial score (nSPS) is 12.3. The Kier molecular flexibility index (Phi) is 8.89. The average Bonchev–Trinajstić information content (AvgIpc) is 2.70. The molecule has 2 aromatic carbocycles. The first-order valence-corrected chi connectivity index (χ1v) is 10.5. The summed E-state index contributed by atoms with van der Waals surface area (Å²) in [6.07, 6.45) is -4.35. The van der Waals surface area contributed by atoms with Gasteiger partial charge in [-0.05, 0) is 67.8 Å². The van der Waals surface area contributed by atoms with Gasteiger partial charge in [0.05, 0.1) is 18.8 Å². The minimum absolute atomic E-state index is 0.126. The zero-order valence-electron chi connectivity index (χ0n) is 17.1. The summed E-state index contributed by atoms with van der Waals surface area (Å²) in [7, 11) is 0. The molecule has 1 atom stereocenters. The van der Waals surface area contributed by atoms with Gasteiger partial charge in [-0.15, -0.1) is 11.8 Å². The fraction of sp³-hybridized carbons (Fsp3) is 0.409. The number of hydrogen-bond acceptors (Lipinski definition) is 5. The molecule has 0 fully saturated rings. The van der Waals surface area contributed by atoms with Gasteiger partial charge in [-0.2, -0.15) is 13.2 Å².